The minimum Gasteiger partial charge on any atom is -0.476 e. The van der Waals surface area contributed by atoms with Gasteiger partial charge in [0.2, 0.25) is 5.75 Å². The van der Waals surface area contributed by atoms with Gasteiger partial charge in [0.25, 0.3) is 5.91 Å². The Balaban J connectivity index is 1.68. The second-order valence-electron chi connectivity index (χ2n) is 4.78. The minimum atomic E-state index is -0.654. The average molecular weight is 313 g/mol. The van der Waals surface area contributed by atoms with Crippen LogP contribution >= 0.6 is 0 Å². The zero-order valence-electron chi connectivity index (χ0n) is 11.9. The molecule has 0 aliphatic carbocycles. The standard InChI is InChI=1S/C17H12FNO4/c18-12-5-7-13(8-6-12)19-16(20)10-22-15-9-11-3-1-2-4-14(11)23-17(15)21/h1-9H,10H2,(H,19,20). The summed E-state index contributed by atoms with van der Waals surface area (Å²) in [4.78, 5) is 23.6. The van der Waals surface area contributed by atoms with Gasteiger partial charge in [-0.3, -0.25) is 4.79 Å². The van der Waals surface area contributed by atoms with Gasteiger partial charge in [0, 0.05) is 11.1 Å². The Hall–Kier alpha value is -3.15. The first-order chi connectivity index (χ1) is 11.1. The molecule has 0 fully saturated rings. The number of hydrogen-bond donors (Lipinski definition) is 1. The Morgan fingerprint density at radius 3 is 2.65 bits per heavy atom. The van der Waals surface area contributed by atoms with Gasteiger partial charge in [-0.25, -0.2) is 9.18 Å². The van der Waals surface area contributed by atoms with E-state index in [2.05, 4.69) is 5.32 Å². The maximum atomic E-state index is 12.8. The highest BCUT2D eigenvalue weighted by molar-refractivity contribution is 5.91. The Bertz CT molecular complexity index is 902. The summed E-state index contributed by atoms with van der Waals surface area (Å²) in [6.45, 7) is -0.361. The molecule has 1 heterocycles. The van der Waals surface area contributed by atoms with Crippen LogP contribution in [0.3, 0.4) is 0 Å². The minimum absolute atomic E-state index is 0.0436. The lowest BCUT2D eigenvalue weighted by Crippen LogP contribution is -2.22. The maximum absolute atomic E-state index is 12.8. The molecule has 0 saturated carbocycles. The summed E-state index contributed by atoms with van der Waals surface area (Å²) in [5.74, 6) is -0.907. The molecule has 3 rings (SSSR count). The monoisotopic (exact) mass is 313 g/mol. The fourth-order valence-electron chi connectivity index (χ4n) is 2.02. The normalized spacial score (nSPS) is 10.5. The number of nitrogens with one attached hydrogen (secondary N) is 1. The average Bonchev–Trinajstić information content (AvgIpc) is 2.55. The predicted molar refractivity (Wildman–Crippen MR) is 83.0 cm³/mol. The Morgan fingerprint density at radius 2 is 1.87 bits per heavy atom. The van der Waals surface area contributed by atoms with Crippen LogP contribution in [0.5, 0.6) is 5.75 Å². The van der Waals surface area contributed by atoms with E-state index >= 15 is 0 Å². The van der Waals surface area contributed by atoms with Crippen molar-refractivity contribution in [3.05, 3.63) is 70.8 Å². The van der Waals surface area contributed by atoms with Crippen molar-refractivity contribution in [1.82, 2.24) is 0 Å². The number of carbonyl (C=O) groups excluding carboxylic acids is 1. The Kier molecular flexibility index (Phi) is 4.05. The zero-order chi connectivity index (χ0) is 16.2. The number of halogens is 1. The van der Waals surface area contributed by atoms with E-state index in [-0.39, 0.29) is 12.4 Å². The fraction of sp³-hybridized carbons (Fsp3) is 0.0588. The van der Waals surface area contributed by atoms with Crippen LogP contribution in [-0.2, 0) is 4.79 Å². The number of rotatable bonds is 4. The van der Waals surface area contributed by atoms with E-state index < -0.39 is 17.3 Å². The molecule has 3 aromatic rings. The molecule has 0 radical (unpaired) electrons. The molecule has 1 aromatic heterocycles. The second kappa shape index (κ2) is 6.31. The van der Waals surface area contributed by atoms with Crippen molar-refractivity contribution in [3.8, 4) is 5.75 Å². The van der Waals surface area contributed by atoms with E-state index in [9.17, 15) is 14.0 Å². The van der Waals surface area contributed by atoms with Gasteiger partial charge in [-0.2, -0.15) is 0 Å². The van der Waals surface area contributed by atoms with Gasteiger partial charge in [-0.15, -0.1) is 0 Å². The lowest BCUT2D eigenvalue weighted by Gasteiger charge is -2.07. The molecule has 23 heavy (non-hydrogen) atoms. The summed E-state index contributed by atoms with van der Waals surface area (Å²) in [5, 5.41) is 3.23. The number of fused-ring (bicyclic) bond motifs is 1. The van der Waals surface area contributed by atoms with Gasteiger partial charge < -0.3 is 14.5 Å². The van der Waals surface area contributed by atoms with Gasteiger partial charge in [0.05, 0.1) is 0 Å². The van der Waals surface area contributed by atoms with Crippen LogP contribution in [0.4, 0.5) is 10.1 Å². The van der Waals surface area contributed by atoms with Crippen LogP contribution < -0.4 is 15.7 Å². The third-order valence-electron chi connectivity index (χ3n) is 3.10. The highest BCUT2D eigenvalue weighted by Gasteiger charge is 2.09. The predicted octanol–water partition coefficient (Wildman–Crippen LogP) is 2.95. The molecule has 1 N–H and O–H groups in total. The summed E-state index contributed by atoms with van der Waals surface area (Å²) in [7, 11) is 0. The van der Waals surface area contributed by atoms with Crippen LogP contribution in [0.2, 0.25) is 0 Å². The highest BCUT2D eigenvalue weighted by Crippen LogP contribution is 2.16. The summed E-state index contributed by atoms with van der Waals surface area (Å²) in [6.07, 6.45) is 0. The van der Waals surface area contributed by atoms with Gasteiger partial charge >= 0.3 is 5.63 Å². The Labute approximate surface area is 130 Å². The topological polar surface area (TPSA) is 68.5 Å². The van der Waals surface area contributed by atoms with Crippen molar-refractivity contribution in [3.63, 3.8) is 0 Å². The Morgan fingerprint density at radius 1 is 1.13 bits per heavy atom. The van der Waals surface area contributed by atoms with Crippen LogP contribution in [0, 0.1) is 5.82 Å². The van der Waals surface area contributed by atoms with Crippen LogP contribution in [0.1, 0.15) is 0 Å². The van der Waals surface area contributed by atoms with Gasteiger partial charge in [0.1, 0.15) is 11.4 Å². The molecule has 6 heteroatoms. The first-order valence-electron chi connectivity index (χ1n) is 6.83. The molecular formula is C17H12FNO4. The van der Waals surface area contributed by atoms with Crippen molar-refractivity contribution in [2.24, 2.45) is 0 Å². The highest BCUT2D eigenvalue weighted by atomic mass is 19.1. The number of benzene rings is 2. The first-order valence-corrected chi connectivity index (χ1v) is 6.83. The van der Waals surface area contributed by atoms with Crippen molar-refractivity contribution in [2.75, 3.05) is 11.9 Å². The molecular weight excluding hydrogens is 301 g/mol. The fourth-order valence-corrected chi connectivity index (χ4v) is 2.02. The quantitative estimate of drug-likeness (QED) is 0.752. The zero-order valence-corrected chi connectivity index (χ0v) is 11.9. The largest absolute Gasteiger partial charge is 0.476 e. The first kappa shape index (κ1) is 14.8. The molecule has 0 unspecified atom stereocenters. The molecule has 0 saturated heterocycles. The van der Waals surface area contributed by atoms with E-state index in [1.54, 1.807) is 24.3 Å². The number of ether oxygens (including phenoxy) is 1. The van der Waals surface area contributed by atoms with Gasteiger partial charge in [-0.05, 0) is 36.4 Å². The van der Waals surface area contributed by atoms with Crippen molar-refractivity contribution >= 4 is 22.6 Å². The molecule has 5 nitrogen and oxygen atoms in total. The lowest BCUT2D eigenvalue weighted by atomic mass is 10.2. The smallest absolute Gasteiger partial charge is 0.379 e. The van der Waals surface area contributed by atoms with E-state index in [0.29, 0.717) is 16.7 Å². The number of anilines is 1. The second-order valence-corrected chi connectivity index (χ2v) is 4.78. The summed E-state index contributed by atoms with van der Waals surface area (Å²) < 4.78 is 23.1. The molecule has 2 aromatic carbocycles. The third kappa shape index (κ3) is 3.55. The molecule has 0 spiro atoms. The molecule has 0 aliphatic heterocycles. The van der Waals surface area contributed by atoms with Crippen molar-refractivity contribution < 1.29 is 18.3 Å². The number of hydrogen-bond acceptors (Lipinski definition) is 4. The van der Waals surface area contributed by atoms with Crippen molar-refractivity contribution in [2.45, 2.75) is 0 Å². The molecule has 0 aliphatic rings. The molecule has 1 amide bonds. The SMILES string of the molecule is O=C(COc1cc2ccccc2oc1=O)Nc1ccc(F)cc1. The summed E-state index contributed by atoms with van der Waals surface area (Å²) >= 11 is 0. The number of carbonyl (C=O) groups is 1. The molecule has 116 valence electrons. The van der Waals surface area contributed by atoms with Crippen LogP contribution in [0.15, 0.2) is 63.8 Å². The van der Waals surface area contributed by atoms with E-state index in [1.807, 2.05) is 0 Å². The van der Waals surface area contributed by atoms with E-state index in [4.69, 9.17) is 9.15 Å². The number of para-hydroxylation sites is 1. The van der Waals surface area contributed by atoms with Crippen LogP contribution in [-0.4, -0.2) is 12.5 Å². The van der Waals surface area contributed by atoms with Crippen molar-refractivity contribution in [1.29, 1.82) is 0 Å². The summed E-state index contributed by atoms with van der Waals surface area (Å²) in [5.41, 5.74) is 0.226. The molecule has 0 atom stereocenters. The van der Waals surface area contributed by atoms with Gasteiger partial charge in [0.15, 0.2) is 6.61 Å². The van der Waals surface area contributed by atoms with E-state index in [0.717, 1.165) is 0 Å². The van der Waals surface area contributed by atoms with Gasteiger partial charge in [-0.1, -0.05) is 18.2 Å². The lowest BCUT2D eigenvalue weighted by molar-refractivity contribution is -0.118. The number of amides is 1. The van der Waals surface area contributed by atoms with E-state index in [1.165, 1.54) is 30.3 Å². The molecule has 0 bridgehead atoms. The maximum Gasteiger partial charge on any atom is 0.379 e. The van der Waals surface area contributed by atoms with Crippen LogP contribution in [0.25, 0.3) is 11.0 Å². The summed E-state index contributed by atoms with van der Waals surface area (Å²) in [6, 6.07) is 13.8. The third-order valence-corrected chi connectivity index (χ3v) is 3.10.